The number of aliphatic hydroxyl groups is 1. The third-order valence-electron chi connectivity index (χ3n) is 8.29. The Morgan fingerprint density at radius 2 is 2.04 bits per heavy atom. The Kier molecular flexibility index (Phi) is 4.37. The molecule has 6 heteroatoms. The Morgan fingerprint density at radius 3 is 2.68 bits per heavy atom. The summed E-state index contributed by atoms with van der Waals surface area (Å²) in [6.45, 7) is 4.44. The van der Waals surface area contributed by atoms with E-state index < -0.39 is 45.1 Å². The van der Waals surface area contributed by atoms with Crippen LogP contribution in [0.5, 0.6) is 0 Å². The van der Waals surface area contributed by atoms with E-state index in [1.165, 1.54) is 6.08 Å². The van der Waals surface area contributed by atoms with Gasteiger partial charge in [0.1, 0.15) is 5.60 Å². The van der Waals surface area contributed by atoms with Gasteiger partial charge in [-0.3, -0.25) is 9.59 Å². The lowest BCUT2D eigenvalue weighted by Gasteiger charge is -2.62. The molecule has 0 spiro atoms. The molecule has 0 radical (unpaired) electrons. The average molecular weight is 427 g/mol. The summed E-state index contributed by atoms with van der Waals surface area (Å²) in [4.78, 5) is 23.5. The van der Waals surface area contributed by atoms with Crippen molar-refractivity contribution in [1.29, 1.82) is 0 Å². The number of rotatable bonds is 2. The molecule has 3 nitrogen and oxygen atoms in total. The number of hydrogen-bond donors (Lipinski definition) is 1. The highest BCUT2D eigenvalue weighted by Gasteiger charge is 2.73. The molecule has 0 heterocycles. The first-order chi connectivity index (χ1) is 13.0. The van der Waals surface area contributed by atoms with Crippen LogP contribution >= 0.6 is 23.2 Å². The minimum atomic E-state index is -1.76. The lowest BCUT2D eigenvalue weighted by Crippen LogP contribution is -2.67. The van der Waals surface area contributed by atoms with Crippen LogP contribution in [0.1, 0.15) is 33.6 Å². The van der Waals surface area contributed by atoms with E-state index in [-0.39, 0.29) is 17.6 Å². The zero-order valence-corrected chi connectivity index (χ0v) is 17.7. The molecule has 152 valence electrons. The summed E-state index contributed by atoms with van der Waals surface area (Å²) in [6.07, 6.45) is 9.71. The van der Waals surface area contributed by atoms with E-state index in [0.717, 1.165) is 5.57 Å². The second-order valence-corrected chi connectivity index (χ2v) is 10.5. The van der Waals surface area contributed by atoms with Crippen molar-refractivity contribution in [3.8, 4) is 0 Å². The van der Waals surface area contributed by atoms with Gasteiger partial charge in [-0.2, -0.15) is 0 Å². The fourth-order valence-corrected chi connectivity index (χ4v) is 7.81. The number of alkyl halides is 3. The highest BCUT2D eigenvalue weighted by atomic mass is 35.5. The molecule has 28 heavy (non-hydrogen) atoms. The minimum absolute atomic E-state index is 0.0833. The quantitative estimate of drug-likeness (QED) is 0.674. The van der Waals surface area contributed by atoms with Crippen molar-refractivity contribution in [1.82, 2.24) is 0 Å². The molecule has 0 aromatic rings. The smallest absolute Gasteiger partial charge is 0.196 e. The molecule has 2 fully saturated rings. The molecule has 0 aromatic heterocycles. The molecule has 1 N–H and O–H groups in total. The monoisotopic (exact) mass is 426 g/mol. The summed E-state index contributed by atoms with van der Waals surface area (Å²) in [7, 11) is 0. The summed E-state index contributed by atoms with van der Waals surface area (Å²) in [5.74, 6) is -1.60. The number of Topliss-reactive ketones (excluding diaryl/α,β-unsaturated/α-hetero) is 1. The highest BCUT2D eigenvalue weighted by Crippen LogP contribution is 2.71. The Hall–Kier alpha value is -0.970. The molecule has 0 saturated heterocycles. The first-order valence-electron chi connectivity index (χ1n) is 9.75. The van der Waals surface area contributed by atoms with Crippen LogP contribution in [0.25, 0.3) is 0 Å². The van der Waals surface area contributed by atoms with Crippen LogP contribution in [-0.2, 0) is 9.59 Å². The summed E-state index contributed by atoms with van der Waals surface area (Å²) in [5, 5.41) is 10.8. The third kappa shape index (κ3) is 2.10. The van der Waals surface area contributed by atoms with Gasteiger partial charge >= 0.3 is 0 Å². The molecule has 0 amide bonds. The largest absolute Gasteiger partial charge is 0.381 e. The van der Waals surface area contributed by atoms with Crippen LogP contribution in [0.15, 0.2) is 36.0 Å². The van der Waals surface area contributed by atoms with Crippen molar-refractivity contribution in [2.45, 2.75) is 49.5 Å². The van der Waals surface area contributed by atoms with E-state index in [2.05, 4.69) is 0 Å². The Balaban J connectivity index is 1.88. The topological polar surface area (TPSA) is 54.4 Å². The minimum Gasteiger partial charge on any atom is -0.381 e. The number of halogens is 3. The van der Waals surface area contributed by atoms with Gasteiger partial charge < -0.3 is 5.11 Å². The Labute approximate surface area is 174 Å². The van der Waals surface area contributed by atoms with Crippen LogP contribution in [0.4, 0.5) is 4.39 Å². The number of allylic oxidation sites excluding steroid dienone is 6. The number of ketones is 2. The van der Waals surface area contributed by atoms with E-state index in [9.17, 15) is 19.1 Å². The van der Waals surface area contributed by atoms with Crippen molar-refractivity contribution in [3.05, 3.63) is 36.0 Å². The maximum Gasteiger partial charge on any atom is 0.196 e. The molecule has 0 aromatic carbocycles. The second-order valence-electron chi connectivity index (χ2n) is 9.35. The molecule has 2 saturated carbocycles. The third-order valence-corrected chi connectivity index (χ3v) is 9.81. The van der Waals surface area contributed by atoms with Crippen molar-refractivity contribution < 1.29 is 19.1 Å². The Morgan fingerprint density at radius 1 is 1.36 bits per heavy atom. The molecular weight excluding hydrogens is 402 g/mol. The van der Waals surface area contributed by atoms with Gasteiger partial charge in [-0.15, -0.1) is 23.2 Å². The van der Waals surface area contributed by atoms with Crippen molar-refractivity contribution >= 4 is 34.8 Å². The van der Waals surface area contributed by atoms with Crippen LogP contribution in [0.3, 0.4) is 0 Å². The molecule has 0 aliphatic heterocycles. The van der Waals surface area contributed by atoms with Gasteiger partial charge in [0.15, 0.2) is 18.2 Å². The molecule has 4 rings (SSSR count). The van der Waals surface area contributed by atoms with Crippen LogP contribution < -0.4 is 0 Å². The SMILES string of the molecule is C[C@H]1C[C@H]2[C@@H]3C=CC4=CC(=O)C=C[C@]4(C)[C@@]3(Cl)[C@@H](Cl)C[C@]2(C)[C@@]1(O)C(=O)CF. The molecule has 0 bridgehead atoms. The lowest BCUT2D eigenvalue weighted by atomic mass is 9.48. The summed E-state index contributed by atoms with van der Waals surface area (Å²) >= 11 is 14.3. The van der Waals surface area contributed by atoms with Gasteiger partial charge in [-0.05, 0) is 42.4 Å². The zero-order valence-electron chi connectivity index (χ0n) is 16.2. The summed E-state index contributed by atoms with van der Waals surface area (Å²) in [6, 6.07) is 0. The fraction of sp³-hybridized carbons (Fsp3) is 0.636. The van der Waals surface area contributed by atoms with Gasteiger partial charge in [0.25, 0.3) is 0 Å². The van der Waals surface area contributed by atoms with Gasteiger partial charge in [0.05, 0.1) is 10.3 Å². The number of hydrogen-bond acceptors (Lipinski definition) is 3. The highest BCUT2D eigenvalue weighted by molar-refractivity contribution is 6.34. The Bertz CT molecular complexity index is 851. The van der Waals surface area contributed by atoms with Crippen molar-refractivity contribution in [2.24, 2.45) is 28.6 Å². The molecule has 8 atom stereocenters. The normalized spacial score (nSPS) is 52.0. The van der Waals surface area contributed by atoms with Crippen LogP contribution in [0, 0.1) is 28.6 Å². The van der Waals surface area contributed by atoms with Gasteiger partial charge in [-0.25, -0.2) is 4.39 Å². The van der Waals surface area contributed by atoms with Crippen molar-refractivity contribution in [2.75, 3.05) is 6.67 Å². The van der Waals surface area contributed by atoms with E-state index in [0.29, 0.717) is 12.8 Å². The molecule has 4 aliphatic carbocycles. The van der Waals surface area contributed by atoms with E-state index in [1.807, 2.05) is 32.1 Å². The number of fused-ring (bicyclic) bond motifs is 5. The van der Waals surface area contributed by atoms with E-state index in [4.69, 9.17) is 23.2 Å². The fourth-order valence-electron chi connectivity index (χ4n) is 6.64. The zero-order chi connectivity index (χ0) is 20.7. The summed E-state index contributed by atoms with van der Waals surface area (Å²) in [5.41, 5.74) is -2.46. The first-order valence-corrected chi connectivity index (χ1v) is 10.6. The molecular formula is C22H25Cl2FO3. The average Bonchev–Trinajstić information content (AvgIpc) is 2.84. The van der Waals surface area contributed by atoms with Gasteiger partial charge in [-0.1, -0.05) is 39.0 Å². The van der Waals surface area contributed by atoms with Crippen molar-refractivity contribution in [3.63, 3.8) is 0 Å². The standard InChI is InChI=1S/C22H25Cl2FO3/c1-12-8-16-15-5-4-13-9-14(26)6-7-19(13,2)21(15,24)17(23)10-20(16,3)22(12,28)18(27)11-25/h4-7,9,12,15-17,28H,8,10-11H2,1-3H3/t12-,15-,16-,17-,19-,20-,21-,22-/m0/s1. The lowest BCUT2D eigenvalue weighted by molar-refractivity contribution is -0.163. The van der Waals surface area contributed by atoms with Gasteiger partial charge in [0, 0.05) is 16.7 Å². The predicted octanol–water partition coefficient (Wildman–Crippen LogP) is 4.16. The maximum atomic E-state index is 13.4. The second kappa shape index (κ2) is 6.02. The number of carbonyl (C=O) groups excluding carboxylic acids is 2. The van der Waals surface area contributed by atoms with E-state index in [1.54, 1.807) is 13.0 Å². The molecule has 4 aliphatic rings. The van der Waals surface area contributed by atoms with Crippen LogP contribution in [-0.4, -0.2) is 39.2 Å². The maximum absolute atomic E-state index is 13.4. The van der Waals surface area contributed by atoms with Crippen LogP contribution in [0.2, 0.25) is 0 Å². The van der Waals surface area contributed by atoms with Gasteiger partial charge in [0.2, 0.25) is 0 Å². The molecule has 0 unspecified atom stereocenters. The number of carbonyl (C=O) groups is 2. The predicted molar refractivity (Wildman–Crippen MR) is 107 cm³/mol. The first kappa shape index (κ1) is 20.3. The van der Waals surface area contributed by atoms with E-state index >= 15 is 0 Å². The summed E-state index contributed by atoms with van der Waals surface area (Å²) < 4.78 is 13.4.